The summed E-state index contributed by atoms with van der Waals surface area (Å²) in [6.45, 7) is 5.03. The van der Waals surface area contributed by atoms with E-state index in [0.717, 1.165) is 24.6 Å². The van der Waals surface area contributed by atoms with Crippen LogP contribution in [-0.4, -0.2) is 33.5 Å². The number of hydrogen-bond donors (Lipinski definition) is 1. The lowest BCUT2D eigenvalue weighted by atomic mass is 10.2. The van der Waals surface area contributed by atoms with Crippen molar-refractivity contribution in [2.45, 2.75) is 19.4 Å². The predicted octanol–water partition coefficient (Wildman–Crippen LogP) is 3.11. The van der Waals surface area contributed by atoms with Crippen molar-refractivity contribution >= 4 is 22.9 Å². The highest BCUT2D eigenvalue weighted by atomic mass is 35.5. The molecule has 1 aromatic rings. The van der Waals surface area contributed by atoms with Gasteiger partial charge in [0.05, 0.1) is 18.2 Å². The van der Waals surface area contributed by atoms with Crippen LogP contribution in [-0.2, 0) is 9.47 Å². The first-order chi connectivity index (χ1) is 8.29. The number of rotatable bonds is 9. The topological polar surface area (TPSA) is 30.5 Å². The van der Waals surface area contributed by atoms with Crippen LogP contribution in [0.15, 0.2) is 11.4 Å². The molecular formula is C12H20ClNO2S. The molecule has 1 unspecified atom stereocenters. The van der Waals surface area contributed by atoms with Crippen molar-refractivity contribution < 1.29 is 9.47 Å². The van der Waals surface area contributed by atoms with Crippen LogP contribution >= 0.6 is 22.9 Å². The minimum Gasteiger partial charge on any atom is -0.382 e. The molecule has 5 heteroatoms. The third-order valence-electron chi connectivity index (χ3n) is 2.39. The zero-order valence-electron chi connectivity index (χ0n) is 10.4. The average Bonchev–Trinajstić information content (AvgIpc) is 2.74. The third kappa shape index (κ3) is 5.36. The monoisotopic (exact) mass is 277 g/mol. The maximum absolute atomic E-state index is 6.14. The summed E-state index contributed by atoms with van der Waals surface area (Å²) in [7, 11) is 1.68. The van der Waals surface area contributed by atoms with Crippen molar-refractivity contribution in [3.63, 3.8) is 0 Å². The van der Waals surface area contributed by atoms with Gasteiger partial charge >= 0.3 is 0 Å². The van der Waals surface area contributed by atoms with Gasteiger partial charge in [0.1, 0.15) is 0 Å². The molecule has 0 bridgehead atoms. The van der Waals surface area contributed by atoms with Crippen LogP contribution in [0.2, 0.25) is 5.02 Å². The van der Waals surface area contributed by atoms with Crippen molar-refractivity contribution in [3.05, 3.63) is 21.3 Å². The second-order valence-corrected chi connectivity index (χ2v) is 4.99. The Bertz CT molecular complexity index is 306. The van der Waals surface area contributed by atoms with Gasteiger partial charge in [-0.1, -0.05) is 18.5 Å². The van der Waals surface area contributed by atoms with Gasteiger partial charge in [-0.15, -0.1) is 11.3 Å². The van der Waals surface area contributed by atoms with Gasteiger partial charge in [-0.3, -0.25) is 0 Å². The largest absolute Gasteiger partial charge is 0.382 e. The molecule has 0 radical (unpaired) electrons. The average molecular weight is 278 g/mol. The summed E-state index contributed by atoms with van der Waals surface area (Å²) in [5.74, 6) is 0. The molecule has 1 heterocycles. The van der Waals surface area contributed by atoms with Crippen molar-refractivity contribution in [3.8, 4) is 0 Å². The summed E-state index contributed by atoms with van der Waals surface area (Å²) in [5, 5.41) is 6.30. The Morgan fingerprint density at radius 2 is 2.24 bits per heavy atom. The summed E-state index contributed by atoms with van der Waals surface area (Å²) in [6, 6.07) is 2.23. The van der Waals surface area contributed by atoms with Gasteiger partial charge in [-0.25, -0.2) is 0 Å². The lowest BCUT2D eigenvalue weighted by Gasteiger charge is -2.17. The van der Waals surface area contributed by atoms with E-state index in [1.54, 1.807) is 18.4 Å². The van der Waals surface area contributed by atoms with Crippen LogP contribution in [0.1, 0.15) is 24.3 Å². The molecule has 98 valence electrons. The van der Waals surface area contributed by atoms with Crippen LogP contribution in [0.5, 0.6) is 0 Å². The number of methoxy groups -OCH3 is 1. The highest BCUT2D eigenvalue weighted by Crippen LogP contribution is 2.30. The Hall–Kier alpha value is -0.130. The fraction of sp³-hybridized carbons (Fsp3) is 0.667. The zero-order chi connectivity index (χ0) is 12.5. The minimum absolute atomic E-state index is 0.287. The van der Waals surface area contributed by atoms with Crippen LogP contribution in [0.25, 0.3) is 0 Å². The Labute approximate surface area is 112 Å². The summed E-state index contributed by atoms with van der Waals surface area (Å²) in [5.41, 5.74) is 0. The molecule has 0 fully saturated rings. The van der Waals surface area contributed by atoms with Gasteiger partial charge in [-0.05, 0) is 24.4 Å². The lowest BCUT2D eigenvalue weighted by Crippen LogP contribution is -2.22. The molecule has 3 nitrogen and oxygen atoms in total. The molecule has 0 aliphatic heterocycles. The predicted molar refractivity (Wildman–Crippen MR) is 73.1 cm³/mol. The summed E-state index contributed by atoms with van der Waals surface area (Å²) in [4.78, 5) is 1.20. The van der Waals surface area contributed by atoms with Crippen LogP contribution in [0.4, 0.5) is 0 Å². The van der Waals surface area contributed by atoms with E-state index in [1.165, 1.54) is 4.88 Å². The van der Waals surface area contributed by atoms with Gasteiger partial charge in [0, 0.05) is 24.6 Å². The van der Waals surface area contributed by atoms with Crippen LogP contribution in [0.3, 0.4) is 0 Å². The summed E-state index contributed by atoms with van der Waals surface area (Å²) in [6.07, 6.45) is 0.928. The van der Waals surface area contributed by atoms with E-state index in [4.69, 9.17) is 21.1 Å². The lowest BCUT2D eigenvalue weighted by molar-refractivity contribution is 0.0660. The third-order valence-corrected chi connectivity index (χ3v) is 3.87. The molecule has 17 heavy (non-hydrogen) atoms. The fourth-order valence-corrected chi connectivity index (χ4v) is 2.87. The first-order valence-electron chi connectivity index (χ1n) is 5.82. The first-order valence-corrected chi connectivity index (χ1v) is 7.08. The molecule has 0 aromatic carbocycles. The van der Waals surface area contributed by atoms with Gasteiger partial charge in [-0.2, -0.15) is 0 Å². The standard InChI is InChI=1S/C12H20ClNO2S/c1-3-14-11(4-6-16-8-7-15-2)12-10(13)5-9-17-12/h5,9,11,14H,3-4,6-8H2,1-2H3. The van der Waals surface area contributed by atoms with Crippen LogP contribution < -0.4 is 5.32 Å². The molecule has 0 saturated heterocycles. The van der Waals surface area contributed by atoms with E-state index in [0.29, 0.717) is 13.2 Å². The second-order valence-electron chi connectivity index (χ2n) is 3.64. The zero-order valence-corrected chi connectivity index (χ0v) is 11.9. The Balaban J connectivity index is 2.36. The van der Waals surface area contributed by atoms with Crippen molar-refractivity contribution in [1.82, 2.24) is 5.32 Å². The first kappa shape index (κ1) is 14.9. The molecule has 0 amide bonds. The molecule has 0 saturated carbocycles. The minimum atomic E-state index is 0.287. The second kappa shape index (κ2) is 8.89. The van der Waals surface area contributed by atoms with Crippen molar-refractivity contribution in [2.75, 3.05) is 33.5 Å². The molecule has 1 rings (SSSR count). The number of halogens is 1. The van der Waals surface area contributed by atoms with Gasteiger partial charge in [0.15, 0.2) is 0 Å². The smallest absolute Gasteiger partial charge is 0.0700 e. The van der Waals surface area contributed by atoms with Crippen molar-refractivity contribution in [1.29, 1.82) is 0 Å². The molecule has 0 aliphatic rings. The summed E-state index contributed by atoms with van der Waals surface area (Å²) >= 11 is 7.83. The van der Waals surface area contributed by atoms with Gasteiger partial charge < -0.3 is 14.8 Å². The van der Waals surface area contributed by atoms with E-state index in [9.17, 15) is 0 Å². The van der Waals surface area contributed by atoms with E-state index in [2.05, 4.69) is 12.2 Å². The quantitative estimate of drug-likeness (QED) is 0.704. The normalized spacial score (nSPS) is 12.9. The maximum Gasteiger partial charge on any atom is 0.0700 e. The molecular weight excluding hydrogens is 258 g/mol. The summed E-state index contributed by atoms with van der Waals surface area (Å²) < 4.78 is 10.4. The molecule has 0 spiro atoms. The Morgan fingerprint density at radius 3 is 2.82 bits per heavy atom. The number of ether oxygens (including phenoxy) is 2. The Kier molecular flexibility index (Phi) is 7.81. The van der Waals surface area contributed by atoms with Crippen molar-refractivity contribution in [2.24, 2.45) is 0 Å². The van der Waals surface area contributed by atoms with E-state index in [-0.39, 0.29) is 6.04 Å². The Morgan fingerprint density at radius 1 is 1.41 bits per heavy atom. The SMILES string of the molecule is CCNC(CCOCCOC)c1sccc1Cl. The maximum atomic E-state index is 6.14. The number of hydrogen-bond acceptors (Lipinski definition) is 4. The molecule has 1 aromatic heterocycles. The fourth-order valence-electron chi connectivity index (χ4n) is 1.57. The molecule has 1 atom stereocenters. The highest BCUT2D eigenvalue weighted by Gasteiger charge is 2.14. The van der Waals surface area contributed by atoms with Gasteiger partial charge in [0.25, 0.3) is 0 Å². The highest BCUT2D eigenvalue weighted by molar-refractivity contribution is 7.10. The molecule has 1 N–H and O–H groups in total. The number of nitrogens with one attached hydrogen (secondary N) is 1. The van der Waals surface area contributed by atoms with E-state index in [1.807, 2.05) is 11.4 Å². The molecule has 0 aliphatic carbocycles. The van der Waals surface area contributed by atoms with Gasteiger partial charge in [0.2, 0.25) is 0 Å². The van der Waals surface area contributed by atoms with Crippen LogP contribution in [0, 0.1) is 0 Å². The van der Waals surface area contributed by atoms with E-state index >= 15 is 0 Å². The van der Waals surface area contributed by atoms with E-state index < -0.39 is 0 Å². The number of thiophene rings is 1.